The van der Waals surface area contributed by atoms with Crippen LogP contribution in [0.25, 0.3) is 11.1 Å². The first-order valence-corrected chi connectivity index (χ1v) is 10.3. The van der Waals surface area contributed by atoms with Crippen molar-refractivity contribution in [1.29, 1.82) is 0 Å². The molecule has 4 heteroatoms. The molecule has 3 rings (SSSR count). The van der Waals surface area contributed by atoms with Crippen molar-refractivity contribution in [3.05, 3.63) is 59.7 Å². The Kier molecular flexibility index (Phi) is 7.18. The molecule has 0 saturated heterocycles. The van der Waals surface area contributed by atoms with Crippen LogP contribution in [0.4, 0.5) is 8.78 Å². The standard InChI is InChI=1S/C24H28F2O2/c1-2-3-4-5-17-6-13-21(14-7-17)28-24(27)22-15-10-19(16-23(22)26)18-8-11-20(25)12-9-18/h8-12,15-17,21H,2-7,13-14H2,1H3. The van der Waals surface area contributed by atoms with E-state index in [0.717, 1.165) is 31.6 Å². The lowest BCUT2D eigenvalue weighted by Gasteiger charge is -2.28. The van der Waals surface area contributed by atoms with Crippen LogP contribution in [0, 0.1) is 17.6 Å². The van der Waals surface area contributed by atoms with Crippen molar-refractivity contribution in [2.45, 2.75) is 64.4 Å². The molecule has 0 aromatic heterocycles. The molecule has 2 aromatic rings. The van der Waals surface area contributed by atoms with E-state index in [4.69, 9.17) is 4.74 Å². The lowest BCUT2D eigenvalue weighted by atomic mass is 9.84. The second-order valence-electron chi connectivity index (χ2n) is 7.75. The van der Waals surface area contributed by atoms with Crippen LogP contribution in [-0.4, -0.2) is 12.1 Å². The zero-order chi connectivity index (χ0) is 19.9. The van der Waals surface area contributed by atoms with Crippen LogP contribution in [0.3, 0.4) is 0 Å². The third-order valence-corrected chi connectivity index (χ3v) is 5.65. The molecule has 150 valence electrons. The molecule has 0 N–H and O–H groups in total. The second kappa shape index (κ2) is 9.81. The van der Waals surface area contributed by atoms with Gasteiger partial charge in [0.2, 0.25) is 0 Å². The van der Waals surface area contributed by atoms with Crippen molar-refractivity contribution in [2.24, 2.45) is 5.92 Å². The van der Waals surface area contributed by atoms with E-state index in [9.17, 15) is 13.6 Å². The molecule has 1 fully saturated rings. The molecular weight excluding hydrogens is 358 g/mol. The summed E-state index contributed by atoms with van der Waals surface area (Å²) in [7, 11) is 0. The molecule has 0 heterocycles. The van der Waals surface area contributed by atoms with Crippen molar-refractivity contribution in [3.63, 3.8) is 0 Å². The van der Waals surface area contributed by atoms with E-state index in [1.165, 1.54) is 49.9 Å². The van der Waals surface area contributed by atoms with Crippen LogP contribution in [0.1, 0.15) is 68.6 Å². The van der Waals surface area contributed by atoms with E-state index in [1.807, 2.05) is 0 Å². The lowest BCUT2D eigenvalue weighted by Crippen LogP contribution is -2.25. The van der Waals surface area contributed by atoms with Gasteiger partial charge in [0.25, 0.3) is 0 Å². The number of rotatable bonds is 7. The number of halogens is 2. The van der Waals surface area contributed by atoms with Gasteiger partial charge < -0.3 is 4.74 Å². The van der Waals surface area contributed by atoms with Crippen LogP contribution in [0.2, 0.25) is 0 Å². The molecule has 1 saturated carbocycles. The van der Waals surface area contributed by atoms with Crippen molar-refractivity contribution in [1.82, 2.24) is 0 Å². The maximum absolute atomic E-state index is 14.5. The summed E-state index contributed by atoms with van der Waals surface area (Å²) < 4.78 is 33.1. The van der Waals surface area contributed by atoms with E-state index in [0.29, 0.717) is 11.1 Å². The third kappa shape index (κ3) is 5.40. The van der Waals surface area contributed by atoms with Crippen LogP contribution in [0.15, 0.2) is 42.5 Å². The molecule has 0 amide bonds. The fourth-order valence-corrected chi connectivity index (χ4v) is 3.94. The number of esters is 1. The van der Waals surface area contributed by atoms with E-state index in [-0.39, 0.29) is 17.5 Å². The summed E-state index contributed by atoms with van der Waals surface area (Å²) in [6, 6.07) is 10.2. The Bertz CT molecular complexity index is 778. The normalized spacial score (nSPS) is 19.4. The zero-order valence-corrected chi connectivity index (χ0v) is 16.4. The zero-order valence-electron chi connectivity index (χ0n) is 16.4. The van der Waals surface area contributed by atoms with E-state index < -0.39 is 11.8 Å². The smallest absolute Gasteiger partial charge is 0.341 e. The Morgan fingerprint density at radius 3 is 2.29 bits per heavy atom. The number of hydrogen-bond donors (Lipinski definition) is 0. The molecule has 1 aliphatic rings. The molecule has 0 bridgehead atoms. The van der Waals surface area contributed by atoms with Gasteiger partial charge in [-0.05, 0) is 67.0 Å². The molecule has 2 nitrogen and oxygen atoms in total. The molecule has 2 aromatic carbocycles. The minimum absolute atomic E-state index is 0.0454. The van der Waals surface area contributed by atoms with Crippen molar-refractivity contribution < 1.29 is 18.3 Å². The number of unbranched alkanes of at least 4 members (excludes halogenated alkanes) is 2. The van der Waals surface area contributed by atoms with E-state index in [1.54, 1.807) is 18.2 Å². The lowest BCUT2D eigenvalue weighted by molar-refractivity contribution is 0.0156. The number of benzene rings is 2. The molecule has 1 aliphatic carbocycles. The molecule has 0 radical (unpaired) electrons. The molecule has 0 aliphatic heterocycles. The first kappa shape index (κ1) is 20.5. The predicted molar refractivity (Wildman–Crippen MR) is 107 cm³/mol. The SMILES string of the molecule is CCCCCC1CCC(OC(=O)c2ccc(-c3ccc(F)cc3)cc2F)CC1. The van der Waals surface area contributed by atoms with Gasteiger partial charge in [-0.3, -0.25) is 0 Å². The minimum Gasteiger partial charge on any atom is -0.459 e. The second-order valence-corrected chi connectivity index (χ2v) is 7.75. The average Bonchev–Trinajstić information content (AvgIpc) is 2.70. The van der Waals surface area contributed by atoms with Crippen LogP contribution in [0.5, 0.6) is 0 Å². The fraction of sp³-hybridized carbons (Fsp3) is 0.458. The van der Waals surface area contributed by atoms with Crippen molar-refractivity contribution in [3.8, 4) is 11.1 Å². The third-order valence-electron chi connectivity index (χ3n) is 5.65. The highest BCUT2D eigenvalue weighted by atomic mass is 19.1. The molecule has 0 spiro atoms. The summed E-state index contributed by atoms with van der Waals surface area (Å²) in [5.41, 5.74) is 1.25. The first-order chi connectivity index (χ1) is 13.6. The van der Waals surface area contributed by atoms with Gasteiger partial charge in [0, 0.05) is 0 Å². The number of ether oxygens (including phenoxy) is 1. The molecule has 0 unspecified atom stereocenters. The number of carbonyl (C=O) groups excluding carboxylic acids is 1. The quantitative estimate of drug-likeness (QED) is 0.381. The summed E-state index contributed by atoms with van der Waals surface area (Å²) >= 11 is 0. The summed E-state index contributed by atoms with van der Waals surface area (Å²) in [5, 5.41) is 0. The maximum atomic E-state index is 14.5. The van der Waals surface area contributed by atoms with Gasteiger partial charge in [0.1, 0.15) is 17.7 Å². The van der Waals surface area contributed by atoms with Crippen LogP contribution >= 0.6 is 0 Å². The summed E-state index contributed by atoms with van der Waals surface area (Å²) in [6.45, 7) is 2.21. The molecule has 0 atom stereocenters. The van der Waals surface area contributed by atoms with Gasteiger partial charge in [-0.2, -0.15) is 0 Å². The van der Waals surface area contributed by atoms with Crippen molar-refractivity contribution in [2.75, 3.05) is 0 Å². The largest absolute Gasteiger partial charge is 0.459 e. The van der Waals surface area contributed by atoms with Gasteiger partial charge in [0.15, 0.2) is 0 Å². The van der Waals surface area contributed by atoms with Crippen molar-refractivity contribution >= 4 is 5.97 Å². The van der Waals surface area contributed by atoms with Gasteiger partial charge in [-0.1, -0.05) is 50.8 Å². The number of hydrogen-bond acceptors (Lipinski definition) is 2. The van der Waals surface area contributed by atoms with E-state index in [2.05, 4.69) is 6.92 Å². The highest BCUT2D eigenvalue weighted by molar-refractivity contribution is 5.90. The minimum atomic E-state index is -0.611. The maximum Gasteiger partial charge on any atom is 0.341 e. The Labute approximate surface area is 165 Å². The molecule has 28 heavy (non-hydrogen) atoms. The Morgan fingerprint density at radius 2 is 1.64 bits per heavy atom. The highest BCUT2D eigenvalue weighted by Crippen LogP contribution is 2.31. The monoisotopic (exact) mass is 386 g/mol. The average molecular weight is 386 g/mol. The van der Waals surface area contributed by atoms with E-state index >= 15 is 0 Å². The van der Waals surface area contributed by atoms with Gasteiger partial charge in [-0.15, -0.1) is 0 Å². The number of carbonyl (C=O) groups is 1. The molecular formula is C24H28F2O2. The van der Waals surface area contributed by atoms with Crippen LogP contribution < -0.4 is 0 Å². The fourth-order valence-electron chi connectivity index (χ4n) is 3.94. The summed E-state index contributed by atoms with van der Waals surface area (Å²) in [4.78, 5) is 12.4. The topological polar surface area (TPSA) is 26.3 Å². The Morgan fingerprint density at radius 1 is 0.964 bits per heavy atom. The first-order valence-electron chi connectivity index (χ1n) is 10.3. The van der Waals surface area contributed by atoms with Gasteiger partial charge >= 0.3 is 5.97 Å². The van der Waals surface area contributed by atoms with Gasteiger partial charge in [-0.25, -0.2) is 13.6 Å². The highest BCUT2D eigenvalue weighted by Gasteiger charge is 2.25. The Balaban J connectivity index is 1.55. The summed E-state index contributed by atoms with van der Waals surface area (Å²) in [6.07, 6.45) is 8.80. The van der Waals surface area contributed by atoms with Gasteiger partial charge in [0.05, 0.1) is 5.56 Å². The van der Waals surface area contributed by atoms with Crippen LogP contribution in [-0.2, 0) is 4.74 Å². The Hall–Kier alpha value is -2.23. The summed E-state index contributed by atoms with van der Waals surface area (Å²) in [5.74, 6) is -0.824. The predicted octanol–water partition coefficient (Wildman–Crippen LogP) is 6.93.